The quantitative estimate of drug-likeness (QED) is 0.546. The van der Waals surface area contributed by atoms with Crippen LogP contribution in [-0.2, 0) is 6.42 Å². The number of aromatic amines is 1. The van der Waals surface area contributed by atoms with Gasteiger partial charge in [0.25, 0.3) is 5.91 Å². The fraction of sp³-hybridized carbons (Fsp3) is 0.261. The highest BCUT2D eigenvalue weighted by Gasteiger charge is 2.23. The average molecular weight is 418 g/mol. The Bertz CT molecular complexity index is 1120. The lowest BCUT2D eigenvalue weighted by atomic mass is 10.2. The minimum atomic E-state index is 0.0250. The van der Waals surface area contributed by atoms with Crippen LogP contribution in [-0.4, -0.2) is 51.9 Å². The van der Waals surface area contributed by atoms with E-state index in [4.69, 9.17) is 4.98 Å². The number of hydrogen-bond acceptors (Lipinski definition) is 5. The highest BCUT2D eigenvalue weighted by molar-refractivity contribution is 7.09. The number of hydrogen-bond donors (Lipinski definition) is 1. The third-order valence-electron chi connectivity index (χ3n) is 5.43. The van der Waals surface area contributed by atoms with E-state index >= 15 is 0 Å². The Morgan fingerprint density at radius 1 is 0.967 bits per heavy atom. The van der Waals surface area contributed by atoms with Gasteiger partial charge in [0, 0.05) is 38.0 Å². The topological polar surface area (TPSA) is 65.1 Å². The molecule has 0 bridgehead atoms. The molecule has 4 aromatic rings. The van der Waals surface area contributed by atoms with Crippen molar-refractivity contribution in [2.24, 2.45) is 0 Å². The van der Waals surface area contributed by atoms with Crippen LogP contribution in [0.25, 0.3) is 11.0 Å². The average Bonchev–Trinajstić information content (AvgIpc) is 3.34. The van der Waals surface area contributed by atoms with E-state index in [2.05, 4.69) is 27.0 Å². The van der Waals surface area contributed by atoms with Crippen molar-refractivity contribution < 1.29 is 4.79 Å². The molecule has 2 aromatic heterocycles. The first-order chi connectivity index (χ1) is 14.8. The molecular formula is C23H23N5OS. The molecule has 1 aliphatic heterocycles. The molecule has 0 unspecified atom stereocenters. The Balaban J connectivity index is 1.25. The number of imidazole rings is 1. The molecule has 1 amide bonds. The van der Waals surface area contributed by atoms with Crippen molar-refractivity contribution in [1.29, 1.82) is 0 Å². The van der Waals surface area contributed by atoms with E-state index in [0.717, 1.165) is 54.5 Å². The van der Waals surface area contributed by atoms with Crippen molar-refractivity contribution in [2.45, 2.75) is 12.8 Å². The van der Waals surface area contributed by atoms with E-state index in [1.165, 1.54) is 5.56 Å². The number of amides is 1. The van der Waals surface area contributed by atoms with Crippen molar-refractivity contribution in [3.8, 4) is 0 Å². The molecule has 1 saturated heterocycles. The summed E-state index contributed by atoms with van der Waals surface area (Å²) in [5, 5.41) is 2.87. The summed E-state index contributed by atoms with van der Waals surface area (Å²) in [5.74, 6) is 0.904. The van der Waals surface area contributed by atoms with Gasteiger partial charge in [-0.1, -0.05) is 42.5 Å². The summed E-state index contributed by atoms with van der Waals surface area (Å²) >= 11 is 1.56. The lowest BCUT2D eigenvalue weighted by Crippen LogP contribution is -2.35. The molecule has 3 heterocycles. The van der Waals surface area contributed by atoms with Crippen LogP contribution in [0.3, 0.4) is 0 Å². The number of para-hydroxylation sites is 2. The molecule has 7 heteroatoms. The Labute approximate surface area is 179 Å². The van der Waals surface area contributed by atoms with Gasteiger partial charge in [-0.15, -0.1) is 11.3 Å². The second-order valence-corrected chi connectivity index (χ2v) is 8.44. The zero-order valence-electron chi connectivity index (χ0n) is 16.6. The smallest absolute Gasteiger partial charge is 0.273 e. The summed E-state index contributed by atoms with van der Waals surface area (Å²) < 4.78 is 0. The van der Waals surface area contributed by atoms with Gasteiger partial charge in [-0.25, -0.2) is 9.97 Å². The van der Waals surface area contributed by atoms with Crippen molar-refractivity contribution in [2.75, 3.05) is 31.1 Å². The lowest BCUT2D eigenvalue weighted by Gasteiger charge is -2.21. The molecule has 0 aliphatic carbocycles. The Morgan fingerprint density at radius 3 is 2.67 bits per heavy atom. The molecule has 0 radical (unpaired) electrons. The number of aromatic nitrogens is 3. The monoisotopic (exact) mass is 417 g/mol. The Kier molecular flexibility index (Phi) is 5.19. The molecule has 152 valence electrons. The summed E-state index contributed by atoms with van der Waals surface area (Å²) in [7, 11) is 0. The minimum absolute atomic E-state index is 0.0250. The van der Waals surface area contributed by atoms with Gasteiger partial charge in [0.05, 0.1) is 16.0 Å². The van der Waals surface area contributed by atoms with E-state index in [0.29, 0.717) is 12.2 Å². The van der Waals surface area contributed by atoms with Gasteiger partial charge < -0.3 is 14.8 Å². The Hall–Kier alpha value is -3.19. The molecule has 6 nitrogen and oxygen atoms in total. The molecular weight excluding hydrogens is 394 g/mol. The number of carbonyl (C=O) groups excluding carboxylic acids is 1. The van der Waals surface area contributed by atoms with Crippen LogP contribution in [0.5, 0.6) is 0 Å². The molecule has 0 atom stereocenters. The van der Waals surface area contributed by atoms with Crippen molar-refractivity contribution in [3.05, 3.63) is 76.2 Å². The van der Waals surface area contributed by atoms with Crippen LogP contribution in [0.1, 0.15) is 27.5 Å². The van der Waals surface area contributed by atoms with Crippen molar-refractivity contribution in [1.82, 2.24) is 19.9 Å². The third-order valence-corrected chi connectivity index (χ3v) is 6.28. The van der Waals surface area contributed by atoms with Gasteiger partial charge in [0.1, 0.15) is 5.69 Å². The van der Waals surface area contributed by atoms with Crippen LogP contribution >= 0.6 is 11.3 Å². The predicted octanol–water partition coefficient (Wildman–Crippen LogP) is 3.96. The van der Waals surface area contributed by atoms with Crippen molar-refractivity contribution >= 4 is 34.2 Å². The predicted molar refractivity (Wildman–Crippen MR) is 120 cm³/mol. The number of thiazole rings is 1. The number of carbonyl (C=O) groups is 1. The zero-order chi connectivity index (χ0) is 20.3. The lowest BCUT2D eigenvalue weighted by molar-refractivity contribution is 0.0761. The van der Waals surface area contributed by atoms with Crippen LogP contribution < -0.4 is 4.90 Å². The first-order valence-electron chi connectivity index (χ1n) is 10.2. The number of rotatable bonds is 4. The number of fused-ring (bicyclic) bond motifs is 1. The van der Waals surface area contributed by atoms with E-state index < -0.39 is 0 Å². The van der Waals surface area contributed by atoms with Gasteiger partial charge in [-0.3, -0.25) is 4.79 Å². The summed E-state index contributed by atoms with van der Waals surface area (Å²) in [6.07, 6.45) is 1.67. The summed E-state index contributed by atoms with van der Waals surface area (Å²) in [6, 6.07) is 18.3. The normalized spacial score (nSPS) is 14.8. The molecule has 5 rings (SSSR count). The van der Waals surface area contributed by atoms with Gasteiger partial charge >= 0.3 is 0 Å². The molecule has 1 fully saturated rings. The molecule has 0 spiro atoms. The maximum atomic E-state index is 13.0. The SMILES string of the molecule is O=C(c1csc(Cc2ccccc2)n1)N1CCCN(c2nc3ccccc3[nH]2)CC1. The van der Waals surface area contributed by atoms with Gasteiger partial charge in [0.15, 0.2) is 0 Å². The van der Waals surface area contributed by atoms with Crippen LogP contribution in [0.2, 0.25) is 0 Å². The maximum absolute atomic E-state index is 13.0. The number of nitrogens with one attached hydrogen (secondary N) is 1. The number of anilines is 1. The first-order valence-corrected chi connectivity index (χ1v) is 11.1. The number of benzene rings is 2. The minimum Gasteiger partial charge on any atom is -0.341 e. The van der Waals surface area contributed by atoms with Gasteiger partial charge in [-0.2, -0.15) is 0 Å². The van der Waals surface area contributed by atoms with Gasteiger partial charge in [-0.05, 0) is 24.1 Å². The first kappa shape index (κ1) is 18.8. The molecule has 1 N–H and O–H groups in total. The van der Waals surface area contributed by atoms with E-state index in [1.54, 1.807) is 11.3 Å². The second kappa shape index (κ2) is 8.28. The molecule has 30 heavy (non-hydrogen) atoms. The second-order valence-electron chi connectivity index (χ2n) is 7.50. The highest BCUT2D eigenvalue weighted by Crippen LogP contribution is 2.20. The van der Waals surface area contributed by atoms with Crippen LogP contribution in [0.15, 0.2) is 60.0 Å². The van der Waals surface area contributed by atoms with E-state index in [1.807, 2.05) is 52.7 Å². The number of H-pyrrole nitrogens is 1. The number of nitrogens with zero attached hydrogens (tertiary/aromatic N) is 4. The van der Waals surface area contributed by atoms with Crippen LogP contribution in [0, 0.1) is 0 Å². The fourth-order valence-electron chi connectivity index (χ4n) is 3.84. The van der Waals surface area contributed by atoms with E-state index in [-0.39, 0.29) is 5.91 Å². The van der Waals surface area contributed by atoms with Crippen LogP contribution in [0.4, 0.5) is 5.95 Å². The summed E-state index contributed by atoms with van der Waals surface area (Å²) in [6.45, 7) is 3.04. The zero-order valence-corrected chi connectivity index (χ0v) is 17.4. The third kappa shape index (κ3) is 3.93. The molecule has 0 saturated carbocycles. The largest absolute Gasteiger partial charge is 0.341 e. The maximum Gasteiger partial charge on any atom is 0.273 e. The molecule has 1 aliphatic rings. The Morgan fingerprint density at radius 2 is 1.80 bits per heavy atom. The summed E-state index contributed by atoms with van der Waals surface area (Å²) in [5.41, 5.74) is 3.78. The van der Waals surface area contributed by atoms with Crippen molar-refractivity contribution in [3.63, 3.8) is 0 Å². The molecule has 2 aromatic carbocycles. The van der Waals surface area contributed by atoms with E-state index in [9.17, 15) is 4.79 Å². The summed E-state index contributed by atoms with van der Waals surface area (Å²) in [4.78, 5) is 29.9. The van der Waals surface area contributed by atoms with Gasteiger partial charge in [0.2, 0.25) is 5.95 Å². The standard InChI is InChI=1S/C23H23N5OS/c29-22(20-16-30-21(24-20)15-17-7-2-1-3-8-17)27-11-6-12-28(14-13-27)23-25-18-9-4-5-10-19(18)26-23/h1-5,7-10,16H,6,11-15H2,(H,25,26). The highest BCUT2D eigenvalue weighted by atomic mass is 32.1. The fourth-order valence-corrected chi connectivity index (χ4v) is 4.65.